The predicted molar refractivity (Wildman–Crippen MR) is 83.2 cm³/mol. The molecule has 0 spiro atoms. The molecule has 0 aliphatic carbocycles. The Morgan fingerprint density at radius 1 is 1.32 bits per heavy atom. The molecule has 0 fully saturated rings. The number of aromatic amines is 1. The maximum atomic E-state index is 12.0. The largest absolute Gasteiger partial charge is 0.333 e. The second kappa shape index (κ2) is 5.48. The molecule has 0 radical (unpaired) electrons. The molecule has 1 N–H and O–H groups in total. The minimum atomic E-state index is 0.126. The molecule has 0 aliphatic rings. The van der Waals surface area contributed by atoms with Crippen LogP contribution in [0.5, 0.6) is 0 Å². The van der Waals surface area contributed by atoms with Crippen molar-refractivity contribution in [3.8, 4) is 0 Å². The lowest BCUT2D eigenvalue weighted by atomic mass is 10.3. The van der Waals surface area contributed by atoms with E-state index in [2.05, 4.69) is 25.9 Å². The van der Waals surface area contributed by atoms with Gasteiger partial charge in [-0.15, -0.1) is 11.3 Å². The summed E-state index contributed by atoms with van der Waals surface area (Å²) in [6.45, 7) is 0. The van der Waals surface area contributed by atoms with Crippen molar-refractivity contribution in [1.29, 1.82) is 0 Å². The number of Topliss-reactive ketones (excluding diaryl/α,β-unsaturated/α-hetero) is 1. The molecular weight excluding hydrogens is 344 g/mol. The second-order valence-electron chi connectivity index (χ2n) is 3.87. The molecule has 2 aromatic heterocycles. The molecule has 0 saturated carbocycles. The maximum absolute atomic E-state index is 12.0. The van der Waals surface area contributed by atoms with Crippen LogP contribution in [0.25, 0.3) is 11.0 Å². The first-order valence-electron chi connectivity index (χ1n) is 5.58. The number of benzene rings is 1. The Morgan fingerprint density at radius 2 is 2.16 bits per heavy atom. The Balaban J connectivity index is 1.70. The van der Waals surface area contributed by atoms with E-state index >= 15 is 0 Å². The number of carbonyl (C=O) groups excluding carboxylic acids is 1. The van der Waals surface area contributed by atoms with E-state index < -0.39 is 0 Å². The van der Waals surface area contributed by atoms with Crippen molar-refractivity contribution in [3.05, 3.63) is 45.1 Å². The number of aromatic nitrogens is 2. The van der Waals surface area contributed by atoms with Crippen LogP contribution in [-0.2, 0) is 0 Å². The van der Waals surface area contributed by atoms with E-state index in [0.717, 1.165) is 24.9 Å². The van der Waals surface area contributed by atoms with Crippen LogP contribution in [0.1, 0.15) is 9.67 Å². The zero-order valence-corrected chi connectivity index (χ0v) is 12.9. The van der Waals surface area contributed by atoms with Crippen LogP contribution < -0.4 is 0 Å². The van der Waals surface area contributed by atoms with E-state index in [0.29, 0.717) is 5.75 Å². The Bertz CT molecular complexity index is 702. The van der Waals surface area contributed by atoms with Gasteiger partial charge in [0.25, 0.3) is 0 Å². The van der Waals surface area contributed by atoms with E-state index in [9.17, 15) is 4.79 Å². The molecule has 2 heterocycles. The van der Waals surface area contributed by atoms with Crippen LogP contribution >= 0.6 is 39.0 Å². The number of hydrogen-bond donors (Lipinski definition) is 1. The molecule has 3 rings (SSSR count). The molecule has 0 atom stereocenters. The number of rotatable bonds is 4. The highest BCUT2D eigenvalue weighted by Crippen LogP contribution is 2.25. The van der Waals surface area contributed by atoms with Crippen LogP contribution in [0.15, 0.2) is 45.3 Å². The lowest BCUT2D eigenvalue weighted by Crippen LogP contribution is -1.99. The van der Waals surface area contributed by atoms with E-state index in [1.54, 1.807) is 0 Å². The Morgan fingerprint density at radius 3 is 2.89 bits per heavy atom. The fourth-order valence-corrected chi connectivity index (χ4v) is 3.85. The molecule has 6 heteroatoms. The highest BCUT2D eigenvalue weighted by atomic mass is 79.9. The number of H-pyrrole nitrogens is 1. The second-order valence-corrected chi connectivity index (χ2v) is 7.30. The van der Waals surface area contributed by atoms with Gasteiger partial charge in [0, 0.05) is 0 Å². The van der Waals surface area contributed by atoms with Gasteiger partial charge in [-0.2, -0.15) is 0 Å². The molecule has 96 valence electrons. The Kier molecular flexibility index (Phi) is 3.72. The number of halogens is 1. The number of imidazole rings is 1. The lowest BCUT2D eigenvalue weighted by molar-refractivity contribution is 0.102. The quantitative estimate of drug-likeness (QED) is 0.560. The summed E-state index contributed by atoms with van der Waals surface area (Å²) >= 11 is 6.25. The average molecular weight is 353 g/mol. The molecule has 3 nitrogen and oxygen atoms in total. The minimum Gasteiger partial charge on any atom is -0.333 e. The molecule has 0 amide bonds. The van der Waals surface area contributed by atoms with Crippen LogP contribution in [-0.4, -0.2) is 21.5 Å². The highest BCUT2D eigenvalue weighted by Gasteiger charge is 2.11. The summed E-state index contributed by atoms with van der Waals surface area (Å²) in [6.07, 6.45) is 0. The summed E-state index contributed by atoms with van der Waals surface area (Å²) < 4.78 is 0.976. The molecule has 0 saturated heterocycles. The molecule has 3 aromatic rings. The zero-order chi connectivity index (χ0) is 13.2. The van der Waals surface area contributed by atoms with Crippen LogP contribution in [0.2, 0.25) is 0 Å². The molecule has 19 heavy (non-hydrogen) atoms. The van der Waals surface area contributed by atoms with E-state index in [1.165, 1.54) is 23.1 Å². The van der Waals surface area contributed by atoms with Crippen LogP contribution in [0.4, 0.5) is 0 Å². The number of ketones is 1. The van der Waals surface area contributed by atoms with Gasteiger partial charge in [0.05, 0.1) is 25.4 Å². The first kappa shape index (κ1) is 12.9. The minimum absolute atomic E-state index is 0.126. The van der Waals surface area contributed by atoms with Crippen molar-refractivity contribution in [2.24, 2.45) is 0 Å². The van der Waals surface area contributed by atoms with Crippen molar-refractivity contribution in [2.75, 3.05) is 5.75 Å². The van der Waals surface area contributed by atoms with Gasteiger partial charge in [-0.25, -0.2) is 4.98 Å². The van der Waals surface area contributed by atoms with Gasteiger partial charge in [-0.05, 0) is 40.2 Å². The summed E-state index contributed by atoms with van der Waals surface area (Å²) in [4.78, 5) is 20.4. The highest BCUT2D eigenvalue weighted by molar-refractivity contribution is 9.11. The van der Waals surface area contributed by atoms with Gasteiger partial charge in [-0.1, -0.05) is 23.9 Å². The third-order valence-electron chi connectivity index (χ3n) is 2.56. The fourth-order valence-electron chi connectivity index (χ4n) is 1.67. The van der Waals surface area contributed by atoms with Gasteiger partial charge < -0.3 is 4.98 Å². The first-order valence-corrected chi connectivity index (χ1v) is 8.18. The monoisotopic (exact) mass is 352 g/mol. The number of nitrogens with zero attached hydrogens (tertiary/aromatic N) is 1. The third-order valence-corrected chi connectivity index (χ3v) is 5.09. The SMILES string of the molecule is O=C(CSc1nc2ccccc2[nH]1)c1ccc(Br)s1. The Hall–Kier alpha value is -1.11. The summed E-state index contributed by atoms with van der Waals surface area (Å²) in [7, 11) is 0. The molecule has 1 aromatic carbocycles. The number of para-hydroxylation sites is 2. The van der Waals surface area contributed by atoms with Crippen molar-refractivity contribution in [1.82, 2.24) is 9.97 Å². The molecule has 0 unspecified atom stereocenters. The van der Waals surface area contributed by atoms with Crippen molar-refractivity contribution < 1.29 is 4.79 Å². The van der Waals surface area contributed by atoms with Crippen molar-refractivity contribution >= 4 is 55.8 Å². The number of fused-ring (bicyclic) bond motifs is 1. The van der Waals surface area contributed by atoms with Crippen molar-refractivity contribution in [2.45, 2.75) is 5.16 Å². The summed E-state index contributed by atoms with van der Waals surface area (Å²) in [5.41, 5.74) is 1.92. The number of thioether (sulfide) groups is 1. The average Bonchev–Trinajstić information content (AvgIpc) is 3.01. The van der Waals surface area contributed by atoms with Crippen molar-refractivity contribution in [3.63, 3.8) is 0 Å². The first-order chi connectivity index (χ1) is 9.22. The van der Waals surface area contributed by atoms with Gasteiger partial charge in [-0.3, -0.25) is 4.79 Å². The summed E-state index contributed by atoms with van der Waals surface area (Å²) in [6, 6.07) is 11.6. The van der Waals surface area contributed by atoms with E-state index in [-0.39, 0.29) is 5.78 Å². The third kappa shape index (κ3) is 2.91. The number of hydrogen-bond acceptors (Lipinski definition) is 4. The maximum Gasteiger partial charge on any atom is 0.183 e. The number of nitrogens with one attached hydrogen (secondary N) is 1. The Labute approximate surface area is 126 Å². The smallest absolute Gasteiger partial charge is 0.183 e. The number of thiophene rings is 1. The lowest BCUT2D eigenvalue weighted by Gasteiger charge is -1.95. The van der Waals surface area contributed by atoms with Gasteiger partial charge in [0.15, 0.2) is 10.9 Å². The topological polar surface area (TPSA) is 45.8 Å². The van der Waals surface area contributed by atoms with Gasteiger partial charge >= 0.3 is 0 Å². The van der Waals surface area contributed by atoms with Gasteiger partial charge in [0.2, 0.25) is 0 Å². The summed E-state index contributed by atoms with van der Waals surface area (Å²) in [5, 5.41) is 0.783. The fraction of sp³-hybridized carbons (Fsp3) is 0.0769. The molecule has 0 bridgehead atoms. The molecule has 0 aliphatic heterocycles. The zero-order valence-electron chi connectivity index (χ0n) is 9.72. The number of carbonyl (C=O) groups is 1. The van der Waals surface area contributed by atoms with Crippen LogP contribution in [0, 0.1) is 0 Å². The van der Waals surface area contributed by atoms with Gasteiger partial charge in [0.1, 0.15) is 0 Å². The molecular formula is C13H9BrN2OS2. The van der Waals surface area contributed by atoms with Crippen LogP contribution in [0.3, 0.4) is 0 Å². The summed E-state index contributed by atoms with van der Waals surface area (Å²) in [5.74, 6) is 0.522. The predicted octanol–water partition coefficient (Wildman–Crippen LogP) is 4.36. The normalized spacial score (nSPS) is 11.0. The van der Waals surface area contributed by atoms with E-state index in [1.807, 2.05) is 36.4 Å². The standard InChI is InChI=1S/C13H9BrN2OS2/c14-12-6-5-11(19-12)10(17)7-18-13-15-8-3-1-2-4-9(8)16-13/h1-6H,7H2,(H,15,16). The van der Waals surface area contributed by atoms with E-state index in [4.69, 9.17) is 0 Å².